The first-order valence-corrected chi connectivity index (χ1v) is 6.56. The van der Waals surface area contributed by atoms with E-state index in [2.05, 4.69) is 4.98 Å². The Labute approximate surface area is 128 Å². The molecule has 0 aliphatic heterocycles. The molecule has 1 N–H and O–H groups in total. The third-order valence-electron chi connectivity index (χ3n) is 2.49. The molecule has 3 nitrogen and oxygen atoms in total. The first-order chi connectivity index (χ1) is 9.15. The molecule has 1 aromatic heterocycles. The first-order valence-electron chi connectivity index (χ1n) is 5.75. The number of hydrogen-bond acceptors (Lipinski definition) is 3. The Balaban J connectivity index is 0.00000200. The molecule has 1 aromatic carbocycles. The second-order valence-electron chi connectivity index (χ2n) is 3.99. The third-order valence-corrected chi connectivity index (χ3v) is 3.50. The number of aromatic nitrogens is 1. The van der Waals surface area contributed by atoms with Gasteiger partial charge in [-0.05, 0) is 42.8 Å². The van der Waals surface area contributed by atoms with Gasteiger partial charge in [-0.3, -0.25) is 4.98 Å². The van der Waals surface area contributed by atoms with Gasteiger partial charge in [0.25, 0.3) is 0 Å². The van der Waals surface area contributed by atoms with Crippen LogP contribution in [-0.2, 0) is 4.79 Å². The van der Waals surface area contributed by atoms with Gasteiger partial charge >= 0.3 is 5.97 Å². The first kappa shape index (κ1) is 16.3. The predicted molar refractivity (Wildman–Crippen MR) is 83.3 cm³/mol. The van der Waals surface area contributed by atoms with Gasteiger partial charge in [0.2, 0.25) is 0 Å². The summed E-state index contributed by atoms with van der Waals surface area (Å²) in [5.74, 6) is -0.893. The zero-order valence-corrected chi connectivity index (χ0v) is 12.4. The average molecular weight is 308 g/mol. The van der Waals surface area contributed by atoms with Crippen molar-refractivity contribution in [3.05, 3.63) is 59.9 Å². The summed E-state index contributed by atoms with van der Waals surface area (Å²) in [4.78, 5) is 16.9. The van der Waals surface area contributed by atoms with Gasteiger partial charge in [0.15, 0.2) is 0 Å². The highest BCUT2D eigenvalue weighted by molar-refractivity contribution is 7.99. The number of aliphatic carboxylic acids is 1. The zero-order valence-electron chi connectivity index (χ0n) is 10.8. The van der Waals surface area contributed by atoms with E-state index in [1.165, 1.54) is 0 Å². The van der Waals surface area contributed by atoms with Crippen LogP contribution in [0.15, 0.2) is 64.2 Å². The zero-order chi connectivity index (χ0) is 13.7. The maximum Gasteiger partial charge on any atom is 0.331 e. The second-order valence-corrected chi connectivity index (χ2v) is 5.13. The largest absolute Gasteiger partial charge is 0.478 e. The molecule has 0 saturated heterocycles. The molecule has 0 aliphatic rings. The van der Waals surface area contributed by atoms with Gasteiger partial charge in [-0.1, -0.05) is 23.9 Å². The Morgan fingerprint density at radius 2 is 1.65 bits per heavy atom. The molecule has 0 aliphatic carbocycles. The highest BCUT2D eigenvalue weighted by Crippen LogP contribution is 2.27. The summed E-state index contributed by atoms with van der Waals surface area (Å²) in [6.07, 6.45) is 5.18. The lowest BCUT2D eigenvalue weighted by Gasteiger charge is -2.02. The average Bonchev–Trinajstić information content (AvgIpc) is 2.42. The highest BCUT2D eigenvalue weighted by atomic mass is 35.5. The maximum atomic E-state index is 10.7. The van der Waals surface area contributed by atoms with Crippen LogP contribution in [0, 0.1) is 0 Å². The summed E-state index contributed by atoms with van der Waals surface area (Å²) >= 11 is 1.64. The third kappa shape index (κ3) is 4.72. The lowest BCUT2D eigenvalue weighted by Crippen LogP contribution is -1.95. The molecule has 20 heavy (non-hydrogen) atoms. The van der Waals surface area contributed by atoms with Crippen molar-refractivity contribution < 1.29 is 9.90 Å². The van der Waals surface area contributed by atoms with E-state index in [1.807, 2.05) is 36.4 Å². The number of rotatable bonds is 4. The number of carbonyl (C=O) groups is 1. The number of nitrogens with zero attached hydrogens (tertiary/aromatic N) is 1. The normalized spacial score (nSPS) is 10.8. The van der Waals surface area contributed by atoms with E-state index in [0.717, 1.165) is 15.4 Å². The van der Waals surface area contributed by atoms with Crippen LogP contribution in [0.3, 0.4) is 0 Å². The van der Waals surface area contributed by atoms with Crippen molar-refractivity contribution in [2.75, 3.05) is 0 Å². The Bertz CT molecular complexity index is 597. The fourth-order valence-corrected chi connectivity index (χ4v) is 2.29. The molecule has 1 heterocycles. The van der Waals surface area contributed by atoms with Gasteiger partial charge in [-0.2, -0.15) is 0 Å². The Kier molecular flexibility index (Phi) is 6.28. The summed E-state index contributed by atoms with van der Waals surface area (Å²) in [7, 11) is 0. The van der Waals surface area contributed by atoms with Gasteiger partial charge in [-0.25, -0.2) is 4.79 Å². The number of carboxylic acid groups (broad SMARTS) is 1. The topological polar surface area (TPSA) is 50.2 Å². The van der Waals surface area contributed by atoms with Gasteiger partial charge in [0, 0.05) is 27.8 Å². The minimum absolute atomic E-state index is 0. The maximum absolute atomic E-state index is 10.7. The number of pyridine rings is 1. The molecular formula is C15H14ClNO2S. The summed E-state index contributed by atoms with van der Waals surface area (Å²) < 4.78 is 0. The molecule has 2 aromatic rings. The van der Waals surface area contributed by atoms with Gasteiger partial charge in [0.1, 0.15) is 0 Å². The molecule has 0 saturated carbocycles. The summed E-state index contributed by atoms with van der Waals surface area (Å²) in [6, 6.07) is 11.7. The van der Waals surface area contributed by atoms with Crippen LogP contribution in [0.1, 0.15) is 12.5 Å². The summed E-state index contributed by atoms with van der Waals surface area (Å²) in [5, 5.41) is 8.81. The van der Waals surface area contributed by atoms with Crippen molar-refractivity contribution in [1.29, 1.82) is 0 Å². The SMILES string of the molecule is CC(=Cc1ccc(Sc2ccncc2)cc1)C(=O)O.Cl. The minimum atomic E-state index is -0.893. The van der Waals surface area contributed by atoms with E-state index in [1.54, 1.807) is 37.2 Å². The molecule has 0 fully saturated rings. The van der Waals surface area contributed by atoms with Gasteiger partial charge in [-0.15, -0.1) is 12.4 Å². The number of hydrogen-bond donors (Lipinski definition) is 1. The monoisotopic (exact) mass is 307 g/mol. The molecule has 104 valence electrons. The molecule has 0 unspecified atom stereocenters. The molecule has 0 bridgehead atoms. The van der Waals surface area contributed by atoms with Crippen LogP contribution in [0.4, 0.5) is 0 Å². The quantitative estimate of drug-likeness (QED) is 0.862. The second kappa shape index (κ2) is 7.72. The number of carboxylic acids is 1. The van der Waals surface area contributed by atoms with Crippen molar-refractivity contribution in [2.45, 2.75) is 16.7 Å². The van der Waals surface area contributed by atoms with Crippen molar-refractivity contribution in [3.63, 3.8) is 0 Å². The van der Waals surface area contributed by atoms with Crippen molar-refractivity contribution >= 4 is 36.2 Å². The van der Waals surface area contributed by atoms with E-state index >= 15 is 0 Å². The van der Waals surface area contributed by atoms with E-state index in [0.29, 0.717) is 5.57 Å². The van der Waals surface area contributed by atoms with Crippen molar-refractivity contribution in [1.82, 2.24) is 4.98 Å². The molecule has 0 radical (unpaired) electrons. The summed E-state index contributed by atoms with van der Waals surface area (Å²) in [5.41, 5.74) is 1.22. The van der Waals surface area contributed by atoms with E-state index in [9.17, 15) is 4.79 Å². The highest BCUT2D eigenvalue weighted by Gasteiger charge is 2.00. The predicted octanol–water partition coefficient (Wildman–Crippen LogP) is 4.14. The fraction of sp³-hybridized carbons (Fsp3) is 0.0667. The Morgan fingerprint density at radius 3 is 2.20 bits per heavy atom. The number of benzene rings is 1. The standard InChI is InChI=1S/C15H13NO2S.ClH/c1-11(15(17)18)10-12-2-4-13(5-3-12)19-14-6-8-16-9-7-14;/h2-10H,1H3,(H,17,18);1H. The minimum Gasteiger partial charge on any atom is -0.478 e. The van der Waals surface area contributed by atoms with E-state index in [-0.39, 0.29) is 12.4 Å². The van der Waals surface area contributed by atoms with Crippen LogP contribution in [-0.4, -0.2) is 16.1 Å². The molecule has 2 rings (SSSR count). The number of halogens is 1. The molecular weight excluding hydrogens is 294 g/mol. The summed E-state index contributed by atoms with van der Waals surface area (Å²) in [6.45, 7) is 1.59. The molecule has 0 amide bonds. The fourth-order valence-electron chi connectivity index (χ4n) is 1.49. The van der Waals surface area contributed by atoms with Gasteiger partial charge < -0.3 is 5.11 Å². The van der Waals surface area contributed by atoms with Crippen molar-refractivity contribution in [2.24, 2.45) is 0 Å². The van der Waals surface area contributed by atoms with Gasteiger partial charge in [0.05, 0.1) is 0 Å². The van der Waals surface area contributed by atoms with Crippen LogP contribution < -0.4 is 0 Å². The smallest absolute Gasteiger partial charge is 0.331 e. The Morgan fingerprint density at radius 1 is 1.10 bits per heavy atom. The van der Waals surface area contributed by atoms with Crippen LogP contribution in [0.2, 0.25) is 0 Å². The van der Waals surface area contributed by atoms with Crippen molar-refractivity contribution in [3.8, 4) is 0 Å². The van der Waals surface area contributed by atoms with Crippen LogP contribution >= 0.6 is 24.2 Å². The van der Waals surface area contributed by atoms with Crippen LogP contribution in [0.5, 0.6) is 0 Å². The molecule has 0 spiro atoms. The Hall–Kier alpha value is -1.78. The van der Waals surface area contributed by atoms with Crippen LogP contribution in [0.25, 0.3) is 6.08 Å². The lowest BCUT2D eigenvalue weighted by atomic mass is 10.1. The van der Waals surface area contributed by atoms with E-state index in [4.69, 9.17) is 5.11 Å². The molecule has 0 atom stereocenters. The molecule has 5 heteroatoms. The lowest BCUT2D eigenvalue weighted by molar-refractivity contribution is -0.132. The van der Waals surface area contributed by atoms with E-state index < -0.39 is 5.97 Å².